The van der Waals surface area contributed by atoms with Gasteiger partial charge in [0.25, 0.3) is 0 Å². The average molecular weight is 331 g/mol. The van der Waals surface area contributed by atoms with Crippen LogP contribution < -0.4 is 5.32 Å². The molecule has 6 heteroatoms. The summed E-state index contributed by atoms with van der Waals surface area (Å²) in [5.41, 5.74) is 1.23. The fourth-order valence-electron chi connectivity index (χ4n) is 3.72. The van der Waals surface area contributed by atoms with Crippen molar-refractivity contribution in [3.8, 4) is 0 Å². The van der Waals surface area contributed by atoms with Crippen LogP contribution in [0, 0.1) is 0 Å². The number of nitrogens with one attached hydrogen (secondary N) is 1. The molecule has 0 bridgehead atoms. The van der Waals surface area contributed by atoms with E-state index in [1.807, 2.05) is 17.2 Å². The van der Waals surface area contributed by atoms with Crippen LogP contribution in [0.4, 0.5) is 4.79 Å². The van der Waals surface area contributed by atoms with Crippen LogP contribution in [0.1, 0.15) is 25.3 Å². The molecule has 0 saturated carbocycles. The molecule has 0 aromatic carbocycles. The van der Waals surface area contributed by atoms with Gasteiger partial charge < -0.3 is 10.2 Å². The van der Waals surface area contributed by atoms with Crippen molar-refractivity contribution in [1.82, 2.24) is 25.0 Å². The van der Waals surface area contributed by atoms with Gasteiger partial charge in [-0.15, -0.1) is 0 Å². The highest BCUT2D eigenvalue weighted by molar-refractivity contribution is 5.74. The second-order valence-electron chi connectivity index (χ2n) is 6.74. The van der Waals surface area contributed by atoms with E-state index in [0.717, 1.165) is 45.8 Å². The minimum atomic E-state index is 0.0963. The number of likely N-dealkylation sites (tertiary alicyclic amines) is 1. The van der Waals surface area contributed by atoms with Crippen LogP contribution in [0.15, 0.2) is 24.5 Å². The number of likely N-dealkylation sites (N-methyl/N-ethyl adjacent to an activating group) is 1. The van der Waals surface area contributed by atoms with Gasteiger partial charge in [-0.05, 0) is 37.6 Å². The Labute approximate surface area is 144 Å². The highest BCUT2D eigenvalue weighted by Crippen LogP contribution is 2.15. The highest BCUT2D eigenvalue weighted by Gasteiger charge is 2.25. The summed E-state index contributed by atoms with van der Waals surface area (Å²) < 4.78 is 0. The van der Waals surface area contributed by atoms with Crippen LogP contribution >= 0.6 is 0 Å². The lowest BCUT2D eigenvalue weighted by Crippen LogP contribution is -2.53. The molecule has 132 valence electrons. The van der Waals surface area contributed by atoms with Crippen molar-refractivity contribution in [2.45, 2.75) is 32.4 Å². The zero-order chi connectivity index (χ0) is 16.8. The first kappa shape index (κ1) is 17.2. The molecule has 1 N–H and O–H groups in total. The quantitative estimate of drug-likeness (QED) is 0.886. The van der Waals surface area contributed by atoms with Crippen molar-refractivity contribution in [2.75, 3.05) is 45.8 Å². The first-order valence-corrected chi connectivity index (χ1v) is 9.14. The third kappa shape index (κ3) is 4.45. The lowest BCUT2D eigenvalue weighted by atomic mass is 10.2. The van der Waals surface area contributed by atoms with Crippen molar-refractivity contribution in [3.63, 3.8) is 0 Å². The van der Waals surface area contributed by atoms with Gasteiger partial charge in [0, 0.05) is 57.7 Å². The maximum atomic E-state index is 12.4. The predicted octanol–water partition coefficient (Wildman–Crippen LogP) is 1.39. The minimum absolute atomic E-state index is 0.0963. The monoisotopic (exact) mass is 331 g/mol. The number of amides is 2. The van der Waals surface area contributed by atoms with Crippen LogP contribution in [-0.4, -0.2) is 77.6 Å². The zero-order valence-electron chi connectivity index (χ0n) is 14.7. The molecule has 1 aromatic rings. The van der Waals surface area contributed by atoms with E-state index in [-0.39, 0.29) is 6.03 Å². The molecule has 2 aliphatic rings. The number of carbonyl (C=O) groups excluding carboxylic acids is 1. The Morgan fingerprint density at radius 3 is 2.83 bits per heavy atom. The first-order valence-electron chi connectivity index (χ1n) is 9.14. The van der Waals surface area contributed by atoms with Crippen LogP contribution in [0.5, 0.6) is 0 Å². The van der Waals surface area contributed by atoms with Crippen molar-refractivity contribution < 1.29 is 4.79 Å². The van der Waals surface area contributed by atoms with Gasteiger partial charge in [-0.2, -0.15) is 0 Å². The number of urea groups is 1. The molecule has 0 unspecified atom stereocenters. The van der Waals surface area contributed by atoms with Crippen molar-refractivity contribution in [3.05, 3.63) is 30.1 Å². The van der Waals surface area contributed by atoms with Crippen molar-refractivity contribution >= 4 is 6.03 Å². The second-order valence-corrected chi connectivity index (χ2v) is 6.74. The summed E-state index contributed by atoms with van der Waals surface area (Å²) in [6, 6.07) is 4.69. The van der Waals surface area contributed by atoms with E-state index in [0.29, 0.717) is 6.04 Å². The van der Waals surface area contributed by atoms with Gasteiger partial charge in [-0.3, -0.25) is 14.8 Å². The third-order valence-electron chi connectivity index (χ3n) is 5.18. The van der Waals surface area contributed by atoms with Crippen LogP contribution in [0.25, 0.3) is 0 Å². The minimum Gasteiger partial charge on any atom is -0.336 e. The molecule has 1 atom stereocenters. The molecule has 2 amide bonds. The van der Waals surface area contributed by atoms with Gasteiger partial charge in [-0.25, -0.2) is 4.79 Å². The van der Waals surface area contributed by atoms with E-state index in [4.69, 9.17) is 0 Å². The third-order valence-corrected chi connectivity index (χ3v) is 5.18. The summed E-state index contributed by atoms with van der Waals surface area (Å²) in [7, 11) is 0. The van der Waals surface area contributed by atoms with E-state index < -0.39 is 0 Å². The number of pyridine rings is 1. The van der Waals surface area contributed by atoms with Crippen LogP contribution in [-0.2, 0) is 6.54 Å². The van der Waals surface area contributed by atoms with Crippen LogP contribution in [0.2, 0.25) is 0 Å². The predicted molar refractivity (Wildman–Crippen MR) is 94.8 cm³/mol. The van der Waals surface area contributed by atoms with Crippen molar-refractivity contribution in [2.24, 2.45) is 0 Å². The fraction of sp³-hybridized carbons (Fsp3) is 0.667. The van der Waals surface area contributed by atoms with Crippen LogP contribution in [0.3, 0.4) is 0 Å². The number of aromatic nitrogens is 1. The first-order chi connectivity index (χ1) is 11.8. The van der Waals surface area contributed by atoms with Gasteiger partial charge in [0.05, 0.1) is 0 Å². The maximum absolute atomic E-state index is 12.4. The van der Waals surface area contributed by atoms with E-state index >= 15 is 0 Å². The summed E-state index contributed by atoms with van der Waals surface area (Å²) in [5.74, 6) is 0. The van der Waals surface area contributed by atoms with Gasteiger partial charge >= 0.3 is 6.03 Å². The molecule has 1 aromatic heterocycles. The Bertz CT molecular complexity index is 515. The Morgan fingerprint density at radius 2 is 2.12 bits per heavy atom. The largest absolute Gasteiger partial charge is 0.336 e. The van der Waals surface area contributed by atoms with Gasteiger partial charge in [0.1, 0.15) is 0 Å². The Hall–Kier alpha value is -1.66. The molecule has 0 aliphatic carbocycles. The van der Waals surface area contributed by atoms with E-state index in [9.17, 15) is 4.79 Å². The number of piperazine rings is 1. The zero-order valence-corrected chi connectivity index (χ0v) is 14.7. The average Bonchev–Trinajstić information content (AvgIpc) is 3.09. The summed E-state index contributed by atoms with van der Waals surface area (Å²) in [6.45, 7) is 9.58. The fourth-order valence-corrected chi connectivity index (χ4v) is 3.72. The summed E-state index contributed by atoms with van der Waals surface area (Å²) in [4.78, 5) is 23.3. The Kier molecular flexibility index (Phi) is 6.04. The lowest BCUT2D eigenvalue weighted by molar-refractivity contribution is 0.133. The normalized spacial score (nSPS) is 22.7. The number of rotatable bonds is 5. The summed E-state index contributed by atoms with van der Waals surface area (Å²) >= 11 is 0. The lowest BCUT2D eigenvalue weighted by Gasteiger charge is -2.35. The van der Waals surface area contributed by atoms with Gasteiger partial charge in [0.2, 0.25) is 0 Å². The molecular formula is C18H29N5O. The number of hydrogen-bond acceptors (Lipinski definition) is 4. The second kappa shape index (κ2) is 8.44. The SMILES string of the molecule is CCN1CCC[C@H]1CNC(=O)N1CCN(Cc2cccnc2)CC1. The summed E-state index contributed by atoms with van der Waals surface area (Å²) in [5, 5.41) is 3.14. The molecular weight excluding hydrogens is 302 g/mol. The molecule has 0 radical (unpaired) electrons. The molecule has 24 heavy (non-hydrogen) atoms. The van der Waals surface area contributed by atoms with E-state index in [1.54, 1.807) is 6.20 Å². The van der Waals surface area contributed by atoms with E-state index in [2.05, 4.69) is 33.1 Å². The number of carbonyl (C=O) groups is 1. The van der Waals surface area contributed by atoms with Gasteiger partial charge in [-0.1, -0.05) is 13.0 Å². The molecule has 0 spiro atoms. The molecule has 3 heterocycles. The van der Waals surface area contributed by atoms with Crippen molar-refractivity contribution in [1.29, 1.82) is 0 Å². The molecule has 2 fully saturated rings. The highest BCUT2D eigenvalue weighted by atomic mass is 16.2. The smallest absolute Gasteiger partial charge is 0.317 e. The number of hydrogen-bond donors (Lipinski definition) is 1. The molecule has 6 nitrogen and oxygen atoms in total. The standard InChI is InChI=1S/C18H29N5O/c1-2-22-8-4-6-17(22)14-20-18(24)23-11-9-21(10-12-23)15-16-5-3-7-19-13-16/h3,5,7,13,17H,2,4,6,8-12,14-15H2,1H3,(H,20,24)/t17-/m0/s1. The maximum Gasteiger partial charge on any atom is 0.317 e. The molecule has 2 saturated heterocycles. The Morgan fingerprint density at radius 1 is 1.29 bits per heavy atom. The molecule has 3 rings (SSSR count). The number of nitrogens with zero attached hydrogens (tertiary/aromatic N) is 4. The Balaban J connectivity index is 1.39. The van der Waals surface area contributed by atoms with Gasteiger partial charge in [0.15, 0.2) is 0 Å². The van der Waals surface area contributed by atoms with E-state index in [1.165, 1.54) is 24.9 Å². The topological polar surface area (TPSA) is 51.7 Å². The molecule has 2 aliphatic heterocycles. The summed E-state index contributed by atoms with van der Waals surface area (Å²) in [6.07, 6.45) is 6.17.